The van der Waals surface area contributed by atoms with E-state index >= 15 is 0 Å². The molecule has 0 aliphatic rings. The Bertz CT molecular complexity index is 540. The molecule has 3 heteroatoms. The SMILES string of the molecule is CCCC(C)N(C)C(=O)c1cccc(C#CCCO)c1C. The first-order chi connectivity index (χ1) is 10.0. The molecule has 0 saturated carbocycles. The number of rotatable bonds is 5. The molecule has 0 heterocycles. The average molecular weight is 287 g/mol. The van der Waals surface area contributed by atoms with E-state index in [4.69, 9.17) is 5.11 Å². The first-order valence-electron chi connectivity index (χ1n) is 7.49. The van der Waals surface area contributed by atoms with Crippen LogP contribution < -0.4 is 0 Å². The van der Waals surface area contributed by atoms with Gasteiger partial charge in [-0.25, -0.2) is 0 Å². The second kappa shape index (κ2) is 8.49. The summed E-state index contributed by atoms with van der Waals surface area (Å²) < 4.78 is 0. The zero-order valence-corrected chi connectivity index (χ0v) is 13.4. The lowest BCUT2D eigenvalue weighted by Crippen LogP contribution is -2.35. The van der Waals surface area contributed by atoms with Gasteiger partial charge in [-0.3, -0.25) is 4.79 Å². The van der Waals surface area contributed by atoms with Crippen LogP contribution in [0.15, 0.2) is 18.2 Å². The highest BCUT2D eigenvalue weighted by molar-refractivity contribution is 5.96. The Balaban J connectivity index is 3.01. The third-order valence-corrected chi connectivity index (χ3v) is 3.71. The summed E-state index contributed by atoms with van der Waals surface area (Å²) in [5.41, 5.74) is 2.46. The molecule has 1 N–H and O–H groups in total. The van der Waals surface area contributed by atoms with Crippen molar-refractivity contribution < 1.29 is 9.90 Å². The lowest BCUT2D eigenvalue weighted by Gasteiger charge is -2.25. The number of benzene rings is 1. The molecule has 1 rings (SSSR count). The van der Waals surface area contributed by atoms with Gasteiger partial charge in [0.2, 0.25) is 0 Å². The Hall–Kier alpha value is -1.79. The zero-order valence-electron chi connectivity index (χ0n) is 13.4. The molecule has 1 aromatic carbocycles. The fourth-order valence-electron chi connectivity index (χ4n) is 2.22. The lowest BCUT2D eigenvalue weighted by molar-refractivity contribution is 0.0736. The van der Waals surface area contributed by atoms with Crippen molar-refractivity contribution in [1.82, 2.24) is 4.90 Å². The summed E-state index contributed by atoms with van der Waals surface area (Å²) in [6.07, 6.45) is 2.51. The van der Waals surface area contributed by atoms with E-state index in [-0.39, 0.29) is 18.6 Å². The highest BCUT2D eigenvalue weighted by Gasteiger charge is 2.19. The maximum atomic E-state index is 12.6. The smallest absolute Gasteiger partial charge is 0.254 e. The second-order valence-corrected chi connectivity index (χ2v) is 5.31. The molecule has 1 aromatic rings. The van der Waals surface area contributed by atoms with Gasteiger partial charge in [-0.15, -0.1) is 0 Å². The van der Waals surface area contributed by atoms with Crippen LogP contribution in [0.3, 0.4) is 0 Å². The number of amides is 1. The van der Waals surface area contributed by atoms with Crippen LogP contribution in [-0.4, -0.2) is 35.6 Å². The maximum absolute atomic E-state index is 12.6. The van der Waals surface area contributed by atoms with Crippen molar-refractivity contribution in [2.24, 2.45) is 0 Å². The van der Waals surface area contributed by atoms with Gasteiger partial charge < -0.3 is 10.0 Å². The summed E-state index contributed by atoms with van der Waals surface area (Å²) in [7, 11) is 1.85. The number of carbonyl (C=O) groups excluding carboxylic acids is 1. The number of aliphatic hydroxyl groups excluding tert-OH is 1. The van der Waals surface area contributed by atoms with E-state index < -0.39 is 0 Å². The molecule has 0 saturated heterocycles. The number of nitrogens with zero attached hydrogens (tertiary/aromatic N) is 1. The van der Waals surface area contributed by atoms with Gasteiger partial charge in [0.25, 0.3) is 5.91 Å². The molecule has 1 amide bonds. The molecule has 1 unspecified atom stereocenters. The van der Waals surface area contributed by atoms with Gasteiger partial charge in [-0.2, -0.15) is 0 Å². The Labute approximate surface area is 128 Å². The molecule has 0 spiro atoms. The first-order valence-corrected chi connectivity index (χ1v) is 7.49. The summed E-state index contributed by atoms with van der Waals surface area (Å²) in [6.45, 7) is 6.18. The third kappa shape index (κ3) is 4.61. The van der Waals surface area contributed by atoms with Gasteiger partial charge in [0.05, 0.1) is 6.61 Å². The minimum absolute atomic E-state index is 0.0410. The predicted octanol–water partition coefficient (Wildman–Crippen LogP) is 2.99. The molecule has 3 nitrogen and oxygen atoms in total. The summed E-state index contributed by atoms with van der Waals surface area (Å²) in [5.74, 6) is 5.97. The van der Waals surface area contributed by atoms with Crippen molar-refractivity contribution in [1.29, 1.82) is 0 Å². The molecule has 0 aliphatic heterocycles. The summed E-state index contributed by atoms with van der Waals surface area (Å²) in [4.78, 5) is 14.4. The van der Waals surface area contributed by atoms with Crippen LogP contribution in [0.5, 0.6) is 0 Å². The van der Waals surface area contributed by atoms with Gasteiger partial charge >= 0.3 is 0 Å². The molecule has 0 bridgehead atoms. The van der Waals surface area contributed by atoms with Crippen LogP contribution in [0.1, 0.15) is 54.6 Å². The predicted molar refractivity (Wildman–Crippen MR) is 86.2 cm³/mol. The molecule has 1 atom stereocenters. The van der Waals surface area contributed by atoms with E-state index in [9.17, 15) is 4.79 Å². The van der Waals surface area contributed by atoms with Crippen LogP contribution in [-0.2, 0) is 0 Å². The van der Waals surface area contributed by atoms with Crippen molar-refractivity contribution >= 4 is 5.91 Å². The Morgan fingerprint density at radius 2 is 2.14 bits per heavy atom. The largest absolute Gasteiger partial charge is 0.395 e. The van der Waals surface area contributed by atoms with Crippen molar-refractivity contribution in [3.63, 3.8) is 0 Å². The van der Waals surface area contributed by atoms with Gasteiger partial charge in [-0.1, -0.05) is 31.3 Å². The maximum Gasteiger partial charge on any atom is 0.254 e. The van der Waals surface area contributed by atoms with E-state index in [0.29, 0.717) is 12.0 Å². The molecule has 0 aliphatic carbocycles. The van der Waals surface area contributed by atoms with Crippen LogP contribution in [0.4, 0.5) is 0 Å². The summed E-state index contributed by atoms with van der Waals surface area (Å²) >= 11 is 0. The monoisotopic (exact) mass is 287 g/mol. The first kappa shape index (κ1) is 17.3. The summed E-state index contributed by atoms with van der Waals surface area (Å²) in [5, 5.41) is 8.78. The van der Waals surface area contributed by atoms with Crippen molar-refractivity contribution in [2.75, 3.05) is 13.7 Å². The molecule has 0 aromatic heterocycles. The topological polar surface area (TPSA) is 40.5 Å². The minimum Gasteiger partial charge on any atom is -0.395 e. The molecule has 21 heavy (non-hydrogen) atoms. The third-order valence-electron chi connectivity index (χ3n) is 3.71. The van der Waals surface area contributed by atoms with Crippen LogP contribution in [0, 0.1) is 18.8 Å². The fraction of sp³-hybridized carbons (Fsp3) is 0.500. The fourth-order valence-corrected chi connectivity index (χ4v) is 2.22. The van der Waals surface area contributed by atoms with E-state index in [0.717, 1.165) is 24.0 Å². The highest BCUT2D eigenvalue weighted by Crippen LogP contribution is 2.17. The number of hydrogen-bond donors (Lipinski definition) is 1. The van der Waals surface area contributed by atoms with E-state index in [1.165, 1.54) is 0 Å². The van der Waals surface area contributed by atoms with E-state index in [2.05, 4.69) is 25.7 Å². The van der Waals surface area contributed by atoms with E-state index in [1.807, 2.05) is 32.2 Å². The highest BCUT2D eigenvalue weighted by atomic mass is 16.2. The number of aliphatic hydroxyl groups is 1. The second-order valence-electron chi connectivity index (χ2n) is 5.31. The van der Waals surface area contributed by atoms with Crippen molar-refractivity contribution in [2.45, 2.75) is 46.1 Å². The van der Waals surface area contributed by atoms with Gasteiger partial charge in [0.15, 0.2) is 0 Å². The number of carbonyl (C=O) groups is 1. The standard InChI is InChI=1S/C18H25NO2/c1-5-9-14(2)19(4)18(21)17-12-8-11-16(15(17)3)10-6-7-13-20/h8,11-12,14,20H,5,7,9,13H2,1-4H3. The van der Waals surface area contributed by atoms with Crippen molar-refractivity contribution in [3.8, 4) is 11.8 Å². The molecule has 114 valence electrons. The molecular weight excluding hydrogens is 262 g/mol. The average Bonchev–Trinajstić information content (AvgIpc) is 2.48. The summed E-state index contributed by atoms with van der Waals surface area (Å²) in [6, 6.07) is 5.85. The van der Waals surface area contributed by atoms with Gasteiger partial charge in [-0.05, 0) is 38.0 Å². The molecular formula is C18H25NO2. The van der Waals surface area contributed by atoms with Gasteiger partial charge in [0.1, 0.15) is 0 Å². The van der Waals surface area contributed by atoms with Crippen molar-refractivity contribution in [3.05, 3.63) is 34.9 Å². The minimum atomic E-state index is 0.0410. The van der Waals surface area contributed by atoms with Crippen LogP contribution >= 0.6 is 0 Å². The Morgan fingerprint density at radius 3 is 2.76 bits per heavy atom. The number of hydrogen-bond acceptors (Lipinski definition) is 2. The van der Waals surface area contributed by atoms with Crippen LogP contribution in [0.25, 0.3) is 0 Å². The van der Waals surface area contributed by atoms with E-state index in [1.54, 1.807) is 4.90 Å². The molecule has 0 radical (unpaired) electrons. The lowest BCUT2D eigenvalue weighted by atomic mass is 10.0. The normalized spacial score (nSPS) is 11.5. The van der Waals surface area contributed by atoms with Gasteiger partial charge in [0, 0.05) is 30.6 Å². The Kier molecular flexibility index (Phi) is 6.98. The zero-order chi connectivity index (χ0) is 15.8. The molecule has 0 fully saturated rings. The van der Waals surface area contributed by atoms with Crippen LogP contribution in [0.2, 0.25) is 0 Å². The quantitative estimate of drug-likeness (QED) is 0.846. The Morgan fingerprint density at radius 1 is 1.43 bits per heavy atom.